The summed E-state index contributed by atoms with van der Waals surface area (Å²) in [6.07, 6.45) is 9.22. The van der Waals surface area contributed by atoms with Gasteiger partial charge >= 0.3 is 0 Å². The highest BCUT2D eigenvalue weighted by molar-refractivity contribution is 8.33. The summed E-state index contributed by atoms with van der Waals surface area (Å²) in [6.45, 7) is 6.60. The molecule has 0 amide bonds. The Bertz CT molecular complexity index is 235. The third-order valence-corrected chi connectivity index (χ3v) is 7.62. The second kappa shape index (κ2) is 5.50. The van der Waals surface area contributed by atoms with Crippen molar-refractivity contribution in [3.05, 3.63) is 0 Å². The fraction of sp³-hybridized carbons (Fsp3) is 0.909. The Morgan fingerprint density at radius 2 is 1.86 bits per heavy atom. The standard InChI is InChI=1S/C11H26OS2/c1-8-9-10-14(6,7)11(2,3)12-13(4)5/h4,13H,8-10H2,1-3,5-7H3. The topological polar surface area (TPSA) is 9.23 Å². The second-order valence-electron chi connectivity index (χ2n) is 4.63. The first-order valence-electron chi connectivity index (χ1n) is 5.11. The van der Waals surface area contributed by atoms with Crippen molar-refractivity contribution in [1.29, 1.82) is 0 Å². The van der Waals surface area contributed by atoms with Crippen LogP contribution in [0, 0.1) is 5.69 Å². The van der Waals surface area contributed by atoms with Gasteiger partial charge < -0.3 is 4.18 Å². The smallest absolute Gasteiger partial charge is 0.106 e. The summed E-state index contributed by atoms with van der Waals surface area (Å²) in [7, 11) is -1.45. The minimum Gasteiger partial charge on any atom is -0.314 e. The van der Waals surface area contributed by atoms with Gasteiger partial charge in [0.25, 0.3) is 0 Å². The van der Waals surface area contributed by atoms with E-state index in [0.717, 1.165) is 0 Å². The third kappa shape index (κ3) is 4.31. The van der Waals surface area contributed by atoms with E-state index in [1.165, 1.54) is 18.6 Å². The summed E-state index contributed by atoms with van der Waals surface area (Å²) < 4.78 is 5.88. The first-order chi connectivity index (χ1) is 6.23. The summed E-state index contributed by atoms with van der Waals surface area (Å²) in [5, 5.41) is 0. The predicted molar refractivity (Wildman–Crippen MR) is 74.2 cm³/mol. The molecule has 0 saturated carbocycles. The molecule has 0 fully saturated rings. The molecular weight excluding hydrogens is 212 g/mol. The summed E-state index contributed by atoms with van der Waals surface area (Å²) in [5.41, 5.74) is 5.76. The zero-order chi connectivity index (χ0) is 11.4. The van der Waals surface area contributed by atoms with Gasteiger partial charge in [0.15, 0.2) is 0 Å². The lowest BCUT2D eigenvalue weighted by molar-refractivity contribution is 0.244. The molecule has 0 spiro atoms. The zero-order valence-corrected chi connectivity index (χ0v) is 12.2. The maximum atomic E-state index is 5.88. The van der Waals surface area contributed by atoms with E-state index < -0.39 is 20.6 Å². The summed E-state index contributed by atoms with van der Waals surface area (Å²) in [5.74, 6) is 1.28. The molecule has 0 aromatic carbocycles. The van der Waals surface area contributed by atoms with Crippen LogP contribution in [0.3, 0.4) is 0 Å². The maximum Gasteiger partial charge on any atom is 0.106 e. The predicted octanol–water partition coefficient (Wildman–Crippen LogP) is 3.74. The molecule has 0 aromatic rings. The van der Waals surface area contributed by atoms with Gasteiger partial charge in [-0.3, -0.25) is 0 Å². The van der Waals surface area contributed by atoms with Crippen molar-refractivity contribution in [3.8, 4) is 5.69 Å². The lowest BCUT2D eigenvalue weighted by Gasteiger charge is -2.46. The van der Waals surface area contributed by atoms with Gasteiger partial charge in [-0.05, 0) is 44.8 Å². The zero-order valence-electron chi connectivity index (χ0n) is 10.5. The van der Waals surface area contributed by atoms with Crippen molar-refractivity contribution < 1.29 is 4.18 Å². The van der Waals surface area contributed by atoms with Crippen LogP contribution in [-0.2, 0) is 4.18 Å². The van der Waals surface area contributed by atoms with E-state index in [9.17, 15) is 0 Å². The summed E-state index contributed by atoms with van der Waals surface area (Å²) in [4.78, 5) is -0.0443. The normalized spacial score (nSPS) is 16.6. The van der Waals surface area contributed by atoms with Gasteiger partial charge in [0.05, 0.1) is 0 Å². The first-order valence-corrected chi connectivity index (χ1v) is 9.50. The lowest BCUT2D eigenvalue weighted by atomic mass is 10.4. The molecule has 88 valence electrons. The Balaban J connectivity index is 4.45. The van der Waals surface area contributed by atoms with Gasteiger partial charge in [-0.25, -0.2) is 10.0 Å². The fourth-order valence-corrected chi connectivity index (χ4v) is 4.55. The number of hydrogen-bond donors (Lipinski definition) is 1. The molecule has 0 radical (unpaired) electrons. The molecule has 0 aliphatic carbocycles. The summed E-state index contributed by atoms with van der Waals surface area (Å²) in [6, 6.07) is 0. The van der Waals surface area contributed by atoms with Crippen LogP contribution >= 0.6 is 20.6 Å². The van der Waals surface area contributed by atoms with Crippen molar-refractivity contribution in [2.24, 2.45) is 0 Å². The van der Waals surface area contributed by atoms with Gasteiger partial charge in [0.1, 0.15) is 4.93 Å². The van der Waals surface area contributed by atoms with Crippen LogP contribution in [0.25, 0.3) is 0 Å². The van der Waals surface area contributed by atoms with Crippen LogP contribution in [0.2, 0.25) is 0 Å². The Kier molecular flexibility index (Phi) is 5.68. The molecule has 3 heteroatoms. The van der Waals surface area contributed by atoms with E-state index in [4.69, 9.17) is 9.87 Å². The van der Waals surface area contributed by atoms with Crippen molar-refractivity contribution >= 4 is 20.6 Å². The van der Waals surface area contributed by atoms with E-state index in [-0.39, 0.29) is 4.93 Å². The van der Waals surface area contributed by atoms with Crippen LogP contribution in [-0.4, -0.2) is 29.5 Å². The van der Waals surface area contributed by atoms with Crippen LogP contribution in [0.5, 0.6) is 0 Å². The molecule has 0 rings (SSSR count). The molecule has 0 aliphatic rings. The molecular formula is C11H26OS2. The van der Waals surface area contributed by atoms with Crippen LogP contribution in [0.1, 0.15) is 33.6 Å². The van der Waals surface area contributed by atoms with Crippen LogP contribution < -0.4 is 0 Å². The third-order valence-electron chi connectivity index (χ3n) is 2.70. The number of rotatable bonds is 5. The molecule has 0 aromatic heterocycles. The molecule has 14 heavy (non-hydrogen) atoms. The Hall–Kier alpha value is 0.440. The van der Waals surface area contributed by atoms with Crippen molar-refractivity contribution in [2.75, 3.05) is 24.5 Å². The molecule has 0 aliphatic heterocycles. The van der Waals surface area contributed by atoms with E-state index in [0.29, 0.717) is 0 Å². The average Bonchev–Trinajstić information content (AvgIpc) is 1.98. The Morgan fingerprint density at radius 1 is 1.36 bits per heavy atom. The largest absolute Gasteiger partial charge is 0.314 e. The van der Waals surface area contributed by atoms with Crippen molar-refractivity contribution in [3.63, 3.8) is 0 Å². The van der Waals surface area contributed by atoms with Crippen LogP contribution in [0.4, 0.5) is 0 Å². The minimum absolute atomic E-state index is 0.0443. The lowest BCUT2D eigenvalue weighted by Crippen LogP contribution is -2.30. The maximum absolute atomic E-state index is 5.88. The highest BCUT2D eigenvalue weighted by Gasteiger charge is 2.33. The van der Waals surface area contributed by atoms with Crippen molar-refractivity contribution in [1.82, 2.24) is 0 Å². The quantitative estimate of drug-likeness (QED) is 0.718. The van der Waals surface area contributed by atoms with E-state index >= 15 is 0 Å². The number of unbranched alkanes of at least 4 members (excludes halogenated alkanes) is 1. The molecule has 0 bridgehead atoms. The van der Waals surface area contributed by atoms with E-state index in [1.54, 1.807) is 0 Å². The molecule has 0 N–H and O–H groups in total. The number of hydrogen-bond acceptors (Lipinski definition) is 1. The summed E-state index contributed by atoms with van der Waals surface area (Å²) >= 11 is 0. The Labute approximate surface area is 93.7 Å². The van der Waals surface area contributed by atoms with Crippen LogP contribution in [0.15, 0.2) is 0 Å². The molecule has 0 saturated heterocycles. The van der Waals surface area contributed by atoms with Gasteiger partial charge in [-0.15, -0.1) is 5.69 Å². The minimum atomic E-state index is -0.747. The highest BCUT2D eigenvalue weighted by atomic mass is 32.3. The molecule has 0 heterocycles. The van der Waals surface area contributed by atoms with Gasteiger partial charge in [0, 0.05) is 0 Å². The number of thiol groups is 1. The fourth-order valence-electron chi connectivity index (χ4n) is 1.20. The SMILES string of the molecule is C#[SH](C)OC(C)(C)S(C)(C)CCCC. The molecule has 1 atom stereocenters. The van der Waals surface area contributed by atoms with Gasteiger partial charge in [0.2, 0.25) is 0 Å². The Morgan fingerprint density at radius 3 is 2.21 bits per heavy atom. The van der Waals surface area contributed by atoms with Gasteiger partial charge in [-0.2, -0.15) is 0 Å². The molecule has 1 nitrogen and oxygen atoms in total. The van der Waals surface area contributed by atoms with Gasteiger partial charge in [-0.1, -0.05) is 23.9 Å². The molecule has 1 unspecified atom stereocenters. The average molecular weight is 238 g/mol. The monoisotopic (exact) mass is 238 g/mol. The van der Waals surface area contributed by atoms with E-state index in [2.05, 4.69) is 33.3 Å². The second-order valence-corrected chi connectivity index (χ2v) is 10.4. The van der Waals surface area contributed by atoms with Crippen molar-refractivity contribution in [2.45, 2.75) is 38.5 Å². The van der Waals surface area contributed by atoms with E-state index in [1.807, 2.05) is 6.26 Å². The highest BCUT2D eigenvalue weighted by Crippen LogP contribution is 2.55. The first kappa shape index (κ1) is 14.4.